The monoisotopic (exact) mass is 499 g/mol. The molecule has 1 fully saturated rings. The Morgan fingerprint density at radius 1 is 1.14 bits per heavy atom. The number of fused-ring (bicyclic) bond motifs is 2. The summed E-state index contributed by atoms with van der Waals surface area (Å²) in [5.41, 5.74) is 11.5. The van der Waals surface area contributed by atoms with Gasteiger partial charge in [-0.05, 0) is 43.7 Å². The van der Waals surface area contributed by atoms with Gasteiger partial charge in [-0.25, -0.2) is 9.98 Å². The van der Waals surface area contributed by atoms with Gasteiger partial charge >= 0.3 is 0 Å². The van der Waals surface area contributed by atoms with Crippen LogP contribution in [-0.2, 0) is 4.74 Å². The van der Waals surface area contributed by atoms with Crippen LogP contribution < -0.4 is 20.9 Å². The van der Waals surface area contributed by atoms with Crippen LogP contribution in [0.4, 0.5) is 28.8 Å². The third-order valence-corrected chi connectivity index (χ3v) is 6.81. The maximum atomic E-state index is 11.7. The van der Waals surface area contributed by atoms with Crippen molar-refractivity contribution in [2.75, 3.05) is 47.2 Å². The van der Waals surface area contributed by atoms with Gasteiger partial charge in [0.1, 0.15) is 11.4 Å². The predicted octanol–water partition coefficient (Wildman–Crippen LogP) is 3.12. The first kappa shape index (κ1) is 23.2. The summed E-state index contributed by atoms with van der Waals surface area (Å²) in [4.78, 5) is 25.1. The predicted molar refractivity (Wildman–Crippen MR) is 144 cm³/mol. The van der Waals surface area contributed by atoms with Gasteiger partial charge in [-0.3, -0.25) is 4.90 Å². The summed E-state index contributed by atoms with van der Waals surface area (Å²) >= 11 is 0. The number of hydrogen-bond acceptors (Lipinski definition) is 10. The fraction of sp³-hybridized carbons (Fsp3) is 0.308. The van der Waals surface area contributed by atoms with Gasteiger partial charge in [0.05, 0.1) is 31.3 Å². The third-order valence-electron chi connectivity index (χ3n) is 6.81. The number of nitrogens with one attached hydrogen (secondary N) is 2. The molecule has 2 atom stereocenters. The summed E-state index contributed by atoms with van der Waals surface area (Å²) in [6.45, 7) is 7.00. The molecule has 0 saturated carbocycles. The molecule has 4 heterocycles. The summed E-state index contributed by atoms with van der Waals surface area (Å²) in [6.07, 6.45) is 0.632. The molecule has 2 aromatic carbocycles. The Morgan fingerprint density at radius 3 is 2.76 bits per heavy atom. The smallest absolute Gasteiger partial charge is 0.224 e. The summed E-state index contributed by atoms with van der Waals surface area (Å²) < 4.78 is 5.53. The van der Waals surface area contributed by atoms with Crippen molar-refractivity contribution in [3.8, 4) is 0 Å². The minimum atomic E-state index is -0.922. The lowest BCUT2D eigenvalue weighted by Gasteiger charge is -2.39. The summed E-state index contributed by atoms with van der Waals surface area (Å²) in [6, 6.07) is 13.7. The van der Waals surface area contributed by atoms with E-state index >= 15 is 0 Å². The molecular weight excluding hydrogens is 470 g/mol. The number of benzene rings is 2. The third kappa shape index (κ3) is 4.21. The number of anilines is 4. The lowest BCUT2D eigenvalue weighted by atomic mass is 10.0. The van der Waals surface area contributed by atoms with Crippen LogP contribution >= 0.6 is 0 Å². The minimum Gasteiger partial charge on any atom is -0.378 e. The number of aromatic nitrogens is 4. The van der Waals surface area contributed by atoms with E-state index in [0.717, 1.165) is 41.3 Å². The standard InChI is InChI=1S/C26H29N9O2/c1-15-5-3-8-19-20(15)25(36)35(18-7-4-6-17(13-18)34-9-11-37-12-10-34)24(31-19)16(2)30-23-21-22(29-14-28-21)32-26(27)33-23/h3-8,13-14,16,25,36H,9-12H2,1-2H3,(H4,27,28,29,30,32,33). The number of aliphatic hydroxyl groups excluding tert-OH is 1. The number of nitrogens with zero attached hydrogens (tertiary/aromatic N) is 6. The van der Waals surface area contributed by atoms with Crippen molar-refractivity contribution in [2.24, 2.45) is 4.99 Å². The van der Waals surface area contributed by atoms with Crippen molar-refractivity contribution in [1.29, 1.82) is 0 Å². The molecule has 0 radical (unpaired) electrons. The number of aryl methyl sites for hydroxylation is 1. The maximum absolute atomic E-state index is 11.7. The minimum absolute atomic E-state index is 0.133. The van der Waals surface area contributed by atoms with Crippen molar-refractivity contribution >= 4 is 45.8 Å². The number of nitrogens with two attached hydrogens (primary N) is 1. The van der Waals surface area contributed by atoms with E-state index in [1.54, 1.807) is 6.33 Å². The number of rotatable bonds is 5. The SMILES string of the molecule is Cc1cccc2c1C(O)N(c1cccc(N3CCOCC3)c1)C(C(C)Nc1nc(N)nc3[nH]cnc13)=N2. The van der Waals surface area contributed by atoms with Gasteiger partial charge in [0.15, 0.2) is 17.7 Å². The van der Waals surface area contributed by atoms with Gasteiger partial charge in [-0.1, -0.05) is 18.2 Å². The summed E-state index contributed by atoms with van der Waals surface area (Å²) in [7, 11) is 0. The number of hydrogen-bond donors (Lipinski definition) is 4. The number of aliphatic imine (C=N–C) groups is 1. The number of aliphatic hydroxyl groups is 1. The molecule has 4 aromatic rings. The molecule has 5 N–H and O–H groups in total. The van der Waals surface area contributed by atoms with Crippen LogP contribution in [0.5, 0.6) is 0 Å². The number of imidazole rings is 1. The van der Waals surface area contributed by atoms with Gasteiger partial charge in [-0.2, -0.15) is 9.97 Å². The second-order valence-electron chi connectivity index (χ2n) is 9.24. The average Bonchev–Trinajstić information content (AvgIpc) is 3.38. The Hall–Kier alpha value is -4.22. The number of aromatic amines is 1. The fourth-order valence-electron chi connectivity index (χ4n) is 4.99. The van der Waals surface area contributed by atoms with Crippen molar-refractivity contribution in [1.82, 2.24) is 19.9 Å². The van der Waals surface area contributed by atoms with Crippen LogP contribution in [0.1, 0.15) is 24.3 Å². The highest BCUT2D eigenvalue weighted by Gasteiger charge is 2.34. The fourth-order valence-corrected chi connectivity index (χ4v) is 4.99. The normalized spacial score (nSPS) is 18.5. The molecule has 190 valence electrons. The van der Waals surface area contributed by atoms with E-state index in [1.165, 1.54) is 0 Å². The molecule has 11 heteroatoms. The van der Waals surface area contributed by atoms with E-state index in [1.807, 2.05) is 49.1 Å². The Kier molecular flexibility index (Phi) is 5.85. The maximum Gasteiger partial charge on any atom is 0.224 e. The van der Waals surface area contributed by atoms with E-state index in [-0.39, 0.29) is 12.0 Å². The molecule has 0 amide bonds. The average molecular weight is 500 g/mol. The quantitative estimate of drug-likeness (QED) is 0.326. The molecule has 2 aliphatic rings. The Balaban J connectivity index is 1.42. The van der Waals surface area contributed by atoms with Crippen LogP contribution in [0, 0.1) is 6.92 Å². The molecule has 2 aromatic heterocycles. The molecular formula is C26H29N9O2. The highest BCUT2D eigenvalue weighted by molar-refractivity contribution is 6.06. The second kappa shape index (κ2) is 9.34. The largest absolute Gasteiger partial charge is 0.378 e. The highest BCUT2D eigenvalue weighted by Crippen LogP contribution is 2.40. The van der Waals surface area contributed by atoms with Crippen molar-refractivity contribution < 1.29 is 9.84 Å². The lowest BCUT2D eigenvalue weighted by molar-refractivity contribution is 0.122. The Bertz CT molecular complexity index is 1480. The first-order valence-electron chi connectivity index (χ1n) is 12.3. The van der Waals surface area contributed by atoms with E-state index in [9.17, 15) is 5.11 Å². The van der Waals surface area contributed by atoms with E-state index < -0.39 is 6.23 Å². The van der Waals surface area contributed by atoms with Gasteiger partial charge in [0.25, 0.3) is 0 Å². The molecule has 0 aliphatic carbocycles. The molecule has 37 heavy (non-hydrogen) atoms. The zero-order valence-corrected chi connectivity index (χ0v) is 20.7. The topological polar surface area (TPSA) is 141 Å². The number of H-pyrrole nitrogens is 1. The Labute approximate surface area is 214 Å². The van der Waals surface area contributed by atoms with E-state index in [0.29, 0.717) is 36.0 Å². The van der Waals surface area contributed by atoms with Gasteiger partial charge in [0, 0.05) is 30.0 Å². The van der Waals surface area contributed by atoms with Crippen molar-refractivity contribution in [2.45, 2.75) is 26.1 Å². The molecule has 11 nitrogen and oxygen atoms in total. The van der Waals surface area contributed by atoms with E-state index in [4.69, 9.17) is 15.5 Å². The first-order chi connectivity index (χ1) is 18.0. The summed E-state index contributed by atoms with van der Waals surface area (Å²) in [5.74, 6) is 1.27. The molecule has 1 saturated heterocycles. The van der Waals surface area contributed by atoms with Gasteiger partial charge in [0.2, 0.25) is 5.95 Å². The molecule has 2 unspecified atom stereocenters. The van der Waals surface area contributed by atoms with Crippen LogP contribution in [0.2, 0.25) is 0 Å². The molecule has 0 bridgehead atoms. The molecule has 2 aliphatic heterocycles. The number of amidine groups is 1. The highest BCUT2D eigenvalue weighted by atomic mass is 16.5. The zero-order valence-electron chi connectivity index (χ0n) is 20.7. The van der Waals surface area contributed by atoms with Crippen molar-refractivity contribution in [3.63, 3.8) is 0 Å². The molecule has 6 rings (SSSR count). The Morgan fingerprint density at radius 2 is 1.92 bits per heavy atom. The van der Waals surface area contributed by atoms with Gasteiger partial charge < -0.3 is 30.8 Å². The molecule has 0 spiro atoms. The number of morpholine rings is 1. The number of ether oxygens (including phenoxy) is 1. The second-order valence-corrected chi connectivity index (χ2v) is 9.24. The summed E-state index contributed by atoms with van der Waals surface area (Å²) in [5, 5.41) is 15.1. The van der Waals surface area contributed by atoms with E-state index in [2.05, 4.69) is 42.3 Å². The van der Waals surface area contributed by atoms with Crippen LogP contribution in [0.25, 0.3) is 11.2 Å². The van der Waals surface area contributed by atoms with Gasteiger partial charge in [-0.15, -0.1) is 0 Å². The van der Waals surface area contributed by atoms with Crippen molar-refractivity contribution in [3.05, 3.63) is 59.9 Å². The van der Waals surface area contributed by atoms with Crippen LogP contribution in [0.3, 0.4) is 0 Å². The van der Waals surface area contributed by atoms with Crippen LogP contribution in [0.15, 0.2) is 53.8 Å². The number of nitrogen functional groups attached to an aromatic ring is 1. The lowest BCUT2D eigenvalue weighted by Crippen LogP contribution is -2.46. The first-order valence-corrected chi connectivity index (χ1v) is 12.3. The van der Waals surface area contributed by atoms with Crippen LogP contribution in [-0.4, -0.2) is 63.2 Å². The zero-order chi connectivity index (χ0) is 25.5.